The Hall–Kier alpha value is -2.46. The molecule has 0 aliphatic heterocycles. The normalized spacial score (nSPS) is 11.0. The summed E-state index contributed by atoms with van der Waals surface area (Å²) in [6.45, 7) is 5.14. The number of fused-ring (bicyclic) bond motifs is 1. The molecule has 2 N–H and O–H groups in total. The fourth-order valence-corrected chi connectivity index (χ4v) is 3.17. The summed E-state index contributed by atoms with van der Waals surface area (Å²) in [5.74, 6) is 0.396. The third-order valence-electron chi connectivity index (χ3n) is 4.27. The minimum atomic E-state index is -0.416. The number of halogens is 1. The highest BCUT2D eigenvalue weighted by Crippen LogP contribution is 2.26. The maximum Gasteiger partial charge on any atom is 0.265 e. The molecule has 3 rings (SSSR count). The summed E-state index contributed by atoms with van der Waals surface area (Å²) in [5.41, 5.74) is 9.06. The molecule has 0 saturated heterocycles. The predicted molar refractivity (Wildman–Crippen MR) is 101 cm³/mol. The highest BCUT2D eigenvalue weighted by atomic mass is 35.5. The van der Waals surface area contributed by atoms with Crippen LogP contribution in [-0.4, -0.2) is 17.1 Å². The Morgan fingerprint density at radius 2 is 1.84 bits per heavy atom. The number of carbonyl (C=O) groups excluding carboxylic acids is 1. The summed E-state index contributed by atoms with van der Waals surface area (Å²) >= 11 is 6.18. The molecule has 0 aliphatic carbocycles. The zero-order chi connectivity index (χ0) is 18.0. The second-order valence-corrected chi connectivity index (χ2v) is 6.56. The summed E-state index contributed by atoms with van der Waals surface area (Å²) < 4.78 is 7.80. The van der Waals surface area contributed by atoms with Crippen molar-refractivity contribution in [3.8, 4) is 5.75 Å². The summed E-state index contributed by atoms with van der Waals surface area (Å²) in [7, 11) is 0. The molecule has 0 radical (unpaired) electrons. The summed E-state index contributed by atoms with van der Waals surface area (Å²) in [5, 5.41) is 1.79. The van der Waals surface area contributed by atoms with Crippen LogP contribution in [0.3, 0.4) is 0 Å². The molecular weight excluding hydrogens is 336 g/mol. The van der Waals surface area contributed by atoms with Gasteiger partial charge in [0.25, 0.3) is 5.91 Å². The van der Waals surface area contributed by atoms with Gasteiger partial charge < -0.3 is 15.0 Å². The van der Waals surface area contributed by atoms with Gasteiger partial charge in [0.1, 0.15) is 11.4 Å². The smallest absolute Gasteiger partial charge is 0.265 e. The van der Waals surface area contributed by atoms with Crippen LogP contribution < -0.4 is 10.5 Å². The first kappa shape index (κ1) is 17.4. The first-order valence-corrected chi connectivity index (χ1v) is 8.63. The molecule has 25 heavy (non-hydrogen) atoms. The number of para-hydroxylation sites is 1. The molecule has 0 aliphatic rings. The van der Waals surface area contributed by atoms with E-state index in [1.54, 1.807) is 0 Å². The van der Waals surface area contributed by atoms with Crippen LogP contribution in [0.15, 0.2) is 42.5 Å². The number of aromatic nitrogens is 1. The van der Waals surface area contributed by atoms with Crippen molar-refractivity contribution in [3.05, 3.63) is 64.3 Å². The molecule has 1 aromatic heterocycles. The average molecular weight is 357 g/mol. The number of aryl methyl sites for hydroxylation is 3. The molecule has 0 bridgehead atoms. The van der Waals surface area contributed by atoms with Gasteiger partial charge in [-0.05, 0) is 55.7 Å². The van der Waals surface area contributed by atoms with E-state index >= 15 is 0 Å². The zero-order valence-corrected chi connectivity index (χ0v) is 15.1. The number of ether oxygens (including phenoxy) is 1. The molecule has 5 heteroatoms. The highest BCUT2D eigenvalue weighted by Gasteiger charge is 2.12. The van der Waals surface area contributed by atoms with Crippen LogP contribution in [0.4, 0.5) is 0 Å². The molecule has 4 nitrogen and oxygen atoms in total. The third kappa shape index (κ3) is 3.64. The topological polar surface area (TPSA) is 57.2 Å². The van der Waals surface area contributed by atoms with Crippen molar-refractivity contribution in [1.29, 1.82) is 0 Å². The van der Waals surface area contributed by atoms with Crippen molar-refractivity contribution in [1.82, 2.24) is 4.57 Å². The first-order valence-electron chi connectivity index (χ1n) is 8.25. The van der Waals surface area contributed by atoms with Crippen LogP contribution in [0.5, 0.6) is 5.75 Å². The Morgan fingerprint density at radius 1 is 1.16 bits per heavy atom. The van der Waals surface area contributed by atoms with Crippen LogP contribution in [0.1, 0.15) is 28.0 Å². The molecule has 1 heterocycles. The van der Waals surface area contributed by atoms with E-state index in [0.717, 1.165) is 39.2 Å². The van der Waals surface area contributed by atoms with Crippen LogP contribution in [0.2, 0.25) is 5.02 Å². The molecule has 0 atom stereocenters. The van der Waals surface area contributed by atoms with Gasteiger partial charge in [-0.1, -0.05) is 29.8 Å². The molecule has 0 fully saturated rings. The van der Waals surface area contributed by atoms with Gasteiger partial charge in [-0.2, -0.15) is 0 Å². The van der Waals surface area contributed by atoms with E-state index in [0.29, 0.717) is 18.8 Å². The van der Waals surface area contributed by atoms with Gasteiger partial charge >= 0.3 is 0 Å². The maximum absolute atomic E-state index is 11.7. The Morgan fingerprint density at radius 3 is 2.52 bits per heavy atom. The van der Waals surface area contributed by atoms with Crippen LogP contribution in [0.25, 0.3) is 10.9 Å². The van der Waals surface area contributed by atoms with Gasteiger partial charge in [0.05, 0.1) is 6.61 Å². The van der Waals surface area contributed by atoms with Crippen LogP contribution in [-0.2, 0) is 6.54 Å². The number of hydrogen-bond donors (Lipinski definition) is 1. The van der Waals surface area contributed by atoms with Gasteiger partial charge in [0, 0.05) is 22.5 Å². The lowest BCUT2D eigenvalue weighted by Gasteiger charge is -2.12. The van der Waals surface area contributed by atoms with E-state index in [4.69, 9.17) is 22.1 Å². The minimum Gasteiger partial charge on any atom is -0.494 e. The van der Waals surface area contributed by atoms with Crippen molar-refractivity contribution >= 4 is 28.4 Å². The number of nitrogens with zero attached hydrogens (tertiary/aromatic N) is 1. The monoisotopic (exact) mass is 356 g/mol. The standard InChI is InChI=1S/C20H21ClN2O2/c1-13-10-16(11-14(2)19(13)21)25-9-5-8-23-17-7-4-3-6-15(17)12-18(23)20(22)24/h3-4,6-7,10-12H,5,8-9H2,1-2H3,(H2,22,24). The molecule has 3 aromatic rings. The predicted octanol–water partition coefficient (Wildman–Crippen LogP) is 4.48. The van der Waals surface area contributed by atoms with Gasteiger partial charge in [-0.25, -0.2) is 0 Å². The van der Waals surface area contributed by atoms with Crippen LogP contribution in [0, 0.1) is 13.8 Å². The second kappa shape index (κ2) is 7.19. The molecule has 2 aromatic carbocycles. The summed E-state index contributed by atoms with van der Waals surface area (Å²) in [6, 6.07) is 13.6. The first-order chi connectivity index (χ1) is 12.0. The van der Waals surface area contributed by atoms with Gasteiger partial charge in [0.15, 0.2) is 0 Å². The molecular formula is C20H21ClN2O2. The fourth-order valence-electron chi connectivity index (χ4n) is 3.06. The number of nitrogens with two attached hydrogens (primary N) is 1. The van der Waals surface area contributed by atoms with E-state index in [2.05, 4.69) is 0 Å². The number of amides is 1. The fraction of sp³-hybridized carbons (Fsp3) is 0.250. The Bertz CT molecular complexity index is 908. The number of primary amides is 1. The van der Waals surface area contributed by atoms with Crippen molar-refractivity contribution < 1.29 is 9.53 Å². The van der Waals surface area contributed by atoms with Gasteiger partial charge in [-0.3, -0.25) is 4.79 Å². The number of rotatable bonds is 6. The quantitative estimate of drug-likeness (QED) is 0.662. The van der Waals surface area contributed by atoms with E-state index in [9.17, 15) is 4.79 Å². The maximum atomic E-state index is 11.7. The molecule has 0 unspecified atom stereocenters. The molecule has 1 amide bonds. The third-order valence-corrected chi connectivity index (χ3v) is 4.86. The SMILES string of the molecule is Cc1cc(OCCCn2c(C(N)=O)cc3ccccc32)cc(C)c1Cl. The van der Waals surface area contributed by atoms with E-state index < -0.39 is 5.91 Å². The number of carbonyl (C=O) groups is 1. The summed E-state index contributed by atoms with van der Waals surface area (Å²) in [4.78, 5) is 11.7. The van der Waals surface area contributed by atoms with E-state index in [1.807, 2.05) is 60.9 Å². The lowest BCUT2D eigenvalue weighted by atomic mass is 10.1. The largest absolute Gasteiger partial charge is 0.494 e. The number of hydrogen-bond acceptors (Lipinski definition) is 2. The summed E-state index contributed by atoms with van der Waals surface area (Å²) in [6.07, 6.45) is 0.764. The van der Waals surface area contributed by atoms with E-state index in [-0.39, 0.29) is 0 Å². The Balaban J connectivity index is 1.69. The molecule has 0 saturated carbocycles. The lowest BCUT2D eigenvalue weighted by molar-refractivity contribution is 0.0991. The van der Waals surface area contributed by atoms with E-state index in [1.165, 1.54) is 0 Å². The molecule has 130 valence electrons. The van der Waals surface area contributed by atoms with Crippen molar-refractivity contribution in [2.75, 3.05) is 6.61 Å². The zero-order valence-electron chi connectivity index (χ0n) is 14.4. The Labute approximate surface area is 152 Å². The van der Waals surface area contributed by atoms with Crippen LogP contribution >= 0.6 is 11.6 Å². The van der Waals surface area contributed by atoms with Crippen molar-refractivity contribution in [2.24, 2.45) is 5.73 Å². The van der Waals surface area contributed by atoms with Gasteiger partial charge in [0.2, 0.25) is 0 Å². The lowest BCUT2D eigenvalue weighted by Crippen LogP contribution is -2.17. The Kier molecular flexibility index (Phi) is 5.00. The van der Waals surface area contributed by atoms with Gasteiger partial charge in [-0.15, -0.1) is 0 Å². The molecule has 0 spiro atoms. The minimum absolute atomic E-state index is 0.416. The van der Waals surface area contributed by atoms with Crippen molar-refractivity contribution in [2.45, 2.75) is 26.8 Å². The van der Waals surface area contributed by atoms with Crippen molar-refractivity contribution in [3.63, 3.8) is 0 Å². The average Bonchev–Trinajstić information content (AvgIpc) is 2.95. The second-order valence-electron chi connectivity index (χ2n) is 6.18. The number of benzene rings is 2. The highest BCUT2D eigenvalue weighted by molar-refractivity contribution is 6.32.